The van der Waals surface area contributed by atoms with Crippen LogP contribution >= 0.6 is 15.9 Å². The first kappa shape index (κ1) is 6.60. The Labute approximate surface area is 59.8 Å². The van der Waals surface area contributed by atoms with Crippen LogP contribution in [-0.2, 0) is 0 Å². The van der Waals surface area contributed by atoms with Crippen LogP contribution in [0.15, 0.2) is 0 Å². The van der Waals surface area contributed by atoms with Gasteiger partial charge >= 0.3 is 0 Å². The molecule has 0 aromatic heterocycles. The van der Waals surface area contributed by atoms with Crippen LogP contribution in [0.25, 0.3) is 0 Å². The van der Waals surface area contributed by atoms with Crippen LogP contribution in [0.4, 0.5) is 0 Å². The second-order valence-corrected chi connectivity index (χ2v) is 3.47. The van der Waals surface area contributed by atoms with E-state index in [9.17, 15) is 0 Å². The Balaban J connectivity index is 2.13. The van der Waals surface area contributed by atoms with E-state index in [4.69, 9.17) is 0 Å². The van der Waals surface area contributed by atoms with E-state index in [2.05, 4.69) is 22.9 Å². The second kappa shape index (κ2) is 2.86. The summed E-state index contributed by atoms with van der Waals surface area (Å²) in [6.07, 6.45) is 4.43. The Morgan fingerprint density at radius 3 is 2.38 bits per heavy atom. The maximum Gasteiger partial charge on any atom is 0.00596 e. The summed E-state index contributed by atoms with van der Waals surface area (Å²) in [7, 11) is 0. The van der Waals surface area contributed by atoms with E-state index in [1.165, 1.54) is 24.6 Å². The van der Waals surface area contributed by atoms with E-state index in [-0.39, 0.29) is 0 Å². The van der Waals surface area contributed by atoms with Gasteiger partial charge in [0.2, 0.25) is 0 Å². The molecule has 1 atom stereocenters. The molecule has 0 nitrogen and oxygen atoms in total. The van der Waals surface area contributed by atoms with Gasteiger partial charge in [-0.1, -0.05) is 42.1 Å². The van der Waals surface area contributed by atoms with Crippen molar-refractivity contribution in [2.75, 3.05) is 5.33 Å². The van der Waals surface area contributed by atoms with E-state index >= 15 is 0 Å². The molecule has 0 heterocycles. The monoisotopic (exact) mass is 176 g/mol. The molecule has 0 radical (unpaired) electrons. The van der Waals surface area contributed by atoms with Crippen molar-refractivity contribution in [3.8, 4) is 0 Å². The Morgan fingerprint density at radius 2 is 2.25 bits per heavy atom. The van der Waals surface area contributed by atoms with Gasteiger partial charge in [0.1, 0.15) is 0 Å². The zero-order valence-electron chi connectivity index (χ0n) is 5.36. The fraction of sp³-hybridized carbons (Fsp3) is 1.00. The van der Waals surface area contributed by atoms with Gasteiger partial charge in [-0.15, -0.1) is 0 Å². The highest BCUT2D eigenvalue weighted by Crippen LogP contribution is 2.33. The molecule has 0 bridgehead atoms. The van der Waals surface area contributed by atoms with Crippen molar-refractivity contribution in [1.82, 2.24) is 0 Å². The summed E-state index contributed by atoms with van der Waals surface area (Å²) in [5.74, 6) is 1.97. The van der Waals surface area contributed by atoms with Crippen LogP contribution in [0.5, 0.6) is 0 Å². The minimum Gasteiger partial charge on any atom is -0.0925 e. The highest BCUT2D eigenvalue weighted by atomic mass is 79.9. The minimum atomic E-state index is 0.920. The van der Waals surface area contributed by atoms with Crippen molar-refractivity contribution < 1.29 is 0 Å². The standard InChI is InChI=1S/C7H13Br/c1-6(5-8)7-3-2-4-7/h6-7H,2-5H2,1H3. The summed E-state index contributed by atoms with van der Waals surface area (Å²) in [4.78, 5) is 0. The van der Waals surface area contributed by atoms with Gasteiger partial charge in [0.15, 0.2) is 0 Å². The molecule has 1 heteroatoms. The molecule has 1 unspecified atom stereocenters. The molecule has 1 fully saturated rings. The third kappa shape index (κ3) is 1.25. The second-order valence-electron chi connectivity index (χ2n) is 2.82. The van der Waals surface area contributed by atoms with Crippen LogP contribution in [-0.4, -0.2) is 5.33 Å². The minimum absolute atomic E-state index is 0.920. The summed E-state index contributed by atoms with van der Waals surface area (Å²) in [6, 6.07) is 0. The smallest absolute Gasteiger partial charge is 0.00596 e. The molecule has 0 spiro atoms. The number of alkyl halides is 1. The normalized spacial score (nSPS) is 24.8. The molecule has 1 aliphatic carbocycles. The topological polar surface area (TPSA) is 0 Å². The molecular weight excluding hydrogens is 164 g/mol. The predicted molar refractivity (Wildman–Crippen MR) is 40.3 cm³/mol. The van der Waals surface area contributed by atoms with Crippen LogP contribution in [0, 0.1) is 11.8 Å². The van der Waals surface area contributed by atoms with Gasteiger partial charge in [0, 0.05) is 5.33 Å². The molecule has 0 aromatic rings. The SMILES string of the molecule is CC(CBr)C1CCC1. The molecule has 1 rings (SSSR count). The molecule has 0 N–H and O–H groups in total. The van der Waals surface area contributed by atoms with Gasteiger partial charge in [0.05, 0.1) is 0 Å². The van der Waals surface area contributed by atoms with E-state index in [0.717, 1.165) is 11.8 Å². The lowest BCUT2D eigenvalue weighted by Gasteiger charge is -2.30. The molecule has 0 aliphatic heterocycles. The average Bonchev–Trinajstić information content (AvgIpc) is 1.62. The fourth-order valence-corrected chi connectivity index (χ4v) is 1.66. The lowest BCUT2D eigenvalue weighted by atomic mass is 9.78. The van der Waals surface area contributed by atoms with E-state index in [1.807, 2.05) is 0 Å². The summed E-state index contributed by atoms with van der Waals surface area (Å²) in [5.41, 5.74) is 0. The number of halogens is 1. The first-order chi connectivity index (χ1) is 3.84. The number of hydrogen-bond acceptors (Lipinski definition) is 0. The molecule has 0 aromatic carbocycles. The zero-order chi connectivity index (χ0) is 5.98. The summed E-state index contributed by atoms with van der Waals surface area (Å²) >= 11 is 3.49. The third-order valence-electron chi connectivity index (χ3n) is 2.20. The Kier molecular flexibility index (Phi) is 2.36. The lowest BCUT2D eigenvalue weighted by Crippen LogP contribution is -2.20. The molecule has 0 amide bonds. The maximum absolute atomic E-state index is 3.49. The summed E-state index contributed by atoms with van der Waals surface area (Å²) in [5, 5.41) is 1.19. The predicted octanol–water partition coefficient (Wildman–Crippen LogP) is 2.82. The van der Waals surface area contributed by atoms with Crippen molar-refractivity contribution in [1.29, 1.82) is 0 Å². The lowest BCUT2D eigenvalue weighted by molar-refractivity contribution is 0.239. The molecule has 0 saturated heterocycles. The third-order valence-corrected chi connectivity index (χ3v) is 3.22. The number of rotatable bonds is 2. The Bertz CT molecular complexity index is 64.0. The van der Waals surface area contributed by atoms with Gasteiger partial charge in [-0.05, 0) is 11.8 Å². The number of hydrogen-bond donors (Lipinski definition) is 0. The molecule has 1 saturated carbocycles. The Morgan fingerprint density at radius 1 is 1.62 bits per heavy atom. The molecule has 8 heavy (non-hydrogen) atoms. The van der Waals surface area contributed by atoms with Crippen LogP contribution < -0.4 is 0 Å². The summed E-state index contributed by atoms with van der Waals surface area (Å²) < 4.78 is 0. The average molecular weight is 177 g/mol. The maximum atomic E-state index is 3.49. The van der Waals surface area contributed by atoms with Gasteiger partial charge in [-0.2, -0.15) is 0 Å². The van der Waals surface area contributed by atoms with Crippen molar-refractivity contribution in [2.45, 2.75) is 26.2 Å². The van der Waals surface area contributed by atoms with E-state index in [1.54, 1.807) is 0 Å². The van der Waals surface area contributed by atoms with Gasteiger partial charge in [-0.3, -0.25) is 0 Å². The van der Waals surface area contributed by atoms with E-state index < -0.39 is 0 Å². The van der Waals surface area contributed by atoms with Crippen molar-refractivity contribution in [3.63, 3.8) is 0 Å². The molecular formula is C7H13Br. The first-order valence-corrected chi connectivity index (χ1v) is 4.52. The van der Waals surface area contributed by atoms with Crippen LogP contribution in [0.1, 0.15) is 26.2 Å². The van der Waals surface area contributed by atoms with Crippen LogP contribution in [0.2, 0.25) is 0 Å². The molecule has 1 aliphatic rings. The highest BCUT2D eigenvalue weighted by molar-refractivity contribution is 9.09. The van der Waals surface area contributed by atoms with Gasteiger partial charge < -0.3 is 0 Å². The van der Waals surface area contributed by atoms with Gasteiger partial charge in [-0.25, -0.2) is 0 Å². The first-order valence-electron chi connectivity index (χ1n) is 3.40. The molecule has 48 valence electrons. The highest BCUT2D eigenvalue weighted by Gasteiger charge is 2.22. The van der Waals surface area contributed by atoms with E-state index in [0.29, 0.717) is 0 Å². The van der Waals surface area contributed by atoms with Gasteiger partial charge in [0.25, 0.3) is 0 Å². The summed E-state index contributed by atoms with van der Waals surface area (Å²) in [6.45, 7) is 2.33. The van der Waals surface area contributed by atoms with Crippen molar-refractivity contribution in [3.05, 3.63) is 0 Å². The Hall–Kier alpha value is 0.480. The quantitative estimate of drug-likeness (QED) is 0.569. The largest absolute Gasteiger partial charge is 0.0925 e. The fourth-order valence-electron chi connectivity index (χ4n) is 1.13. The van der Waals surface area contributed by atoms with Crippen molar-refractivity contribution >= 4 is 15.9 Å². The van der Waals surface area contributed by atoms with Crippen molar-refractivity contribution in [2.24, 2.45) is 11.8 Å². The zero-order valence-corrected chi connectivity index (χ0v) is 6.95. The van der Waals surface area contributed by atoms with Crippen LogP contribution in [0.3, 0.4) is 0 Å².